The molecule has 7 heteroatoms. The van der Waals surface area contributed by atoms with Crippen LogP contribution in [0.5, 0.6) is 0 Å². The highest BCUT2D eigenvalue weighted by molar-refractivity contribution is 5.94. The Labute approximate surface area is 134 Å². The van der Waals surface area contributed by atoms with E-state index in [-0.39, 0.29) is 24.0 Å². The van der Waals surface area contributed by atoms with Crippen LogP contribution in [0.3, 0.4) is 0 Å². The number of benzene rings is 1. The summed E-state index contributed by atoms with van der Waals surface area (Å²) in [5.74, 6) is -0.687. The van der Waals surface area contributed by atoms with Gasteiger partial charge < -0.3 is 15.0 Å². The molecule has 0 radical (unpaired) electrons. The molecule has 2 atom stereocenters. The highest BCUT2D eigenvalue weighted by Crippen LogP contribution is 2.24. The molecule has 23 heavy (non-hydrogen) atoms. The second kappa shape index (κ2) is 6.64. The molecule has 0 unspecified atom stereocenters. The summed E-state index contributed by atoms with van der Waals surface area (Å²) < 4.78 is 19.1. The Bertz CT molecular complexity index is 610. The number of fused-ring (bicyclic) bond motifs is 1. The van der Waals surface area contributed by atoms with Crippen LogP contribution in [0.25, 0.3) is 0 Å². The number of carbonyl (C=O) groups is 2. The van der Waals surface area contributed by atoms with Gasteiger partial charge in [-0.2, -0.15) is 0 Å². The minimum Gasteiger partial charge on any atom is -0.373 e. The number of likely N-dealkylation sites (N-methyl/N-ethyl adjacent to an activating group) is 1. The number of nitrogens with zero attached hydrogens (tertiary/aromatic N) is 2. The smallest absolute Gasteiger partial charge is 0.254 e. The van der Waals surface area contributed by atoms with Crippen molar-refractivity contribution in [3.8, 4) is 0 Å². The molecular weight excluding hydrogens is 301 g/mol. The van der Waals surface area contributed by atoms with Crippen molar-refractivity contribution in [2.75, 3.05) is 39.8 Å². The van der Waals surface area contributed by atoms with E-state index < -0.39 is 5.82 Å². The molecule has 0 aliphatic carbocycles. The van der Waals surface area contributed by atoms with E-state index in [2.05, 4.69) is 5.32 Å². The monoisotopic (exact) mass is 321 g/mol. The van der Waals surface area contributed by atoms with Gasteiger partial charge in [-0.05, 0) is 18.2 Å². The molecule has 0 aromatic heterocycles. The molecule has 2 aliphatic heterocycles. The summed E-state index contributed by atoms with van der Waals surface area (Å²) >= 11 is 0. The second-order valence-corrected chi connectivity index (χ2v) is 5.84. The largest absolute Gasteiger partial charge is 0.373 e. The summed E-state index contributed by atoms with van der Waals surface area (Å²) in [6.07, 6.45) is -0.106. The normalized spacial score (nSPS) is 24.3. The standard InChI is InChI=1S/C16H20FN3O3/c1-18-15(21)10-19-5-6-23-14-9-20(8-13(14)19)16(22)11-3-2-4-12(17)7-11/h2-4,7,13-14H,5-6,8-10H2,1H3,(H,18,21)/t13-,14+/m0/s1. The van der Waals surface area contributed by atoms with Crippen molar-refractivity contribution in [2.45, 2.75) is 12.1 Å². The molecule has 3 rings (SSSR count). The quantitative estimate of drug-likeness (QED) is 0.858. The van der Waals surface area contributed by atoms with Gasteiger partial charge in [0.15, 0.2) is 0 Å². The highest BCUT2D eigenvalue weighted by Gasteiger charge is 2.42. The molecule has 0 saturated carbocycles. The first kappa shape index (κ1) is 15.9. The Balaban J connectivity index is 1.70. The molecule has 1 aromatic carbocycles. The zero-order chi connectivity index (χ0) is 16.4. The molecule has 2 fully saturated rings. The van der Waals surface area contributed by atoms with Crippen molar-refractivity contribution in [3.63, 3.8) is 0 Å². The molecule has 2 amide bonds. The van der Waals surface area contributed by atoms with Crippen LogP contribution in [-0.2, 0) is 9.53 Å². The summed E-state index contributed by atoms with van der Waals surface area (Å²) in [6.45, 7) is 2.45. The lowest BCUT2D eigenvalue weighted by atomic mass is 10.1. The van der Waals surface area contributed by atoms with Gasteiger partial charge in [-0.25, -0.2) is 4.39 Å². The number of likely N-dealkylation sites (tertiary alicyclic amines) is 1. The van der Waals surface area contributed by atoms with E-state index in [1.165, 1.54) is 18.2 Å². The van der Waals surface area contributed by atoms with Gasteiger partial charge in [0.25, 0.3) is 5.91 Å². The van der Waals surface area contributed by atoms with Gasteiger partial charge in [0.05, 0.1) is 25.3 Å². The SMILES string of the molecule is CNC(=O)CN1CCO[C@@H]2CN(C(=O)c3cccc(F)c3)C[C@@H]21. The Morgan fingerprint density at radius 2 is 2.22 bits per heavy atom. The fraction of sp³-hybridized carbons (Fsp3) is 0.500. The number of carbonyl (C=O) groups excluding carboxylic acids is 2. The lowest BCUT2D eigenvalue weighted by molar-refractivity contribution is -0.125. The predicted molar refractivity (Wildman–Crippen MR) is 81.5 cm³/mol. The van der Waals surface area contributed by atoms with E-state index in [0.29, 0.717) is 38.3 Å². The van der Waals surface area contributed by atoms with Crippen LogP contribution < -0.4 is 5.32 Å². The van der Waals surface area contributed by atoms with Gasteiger partial charge >= 0.3 is 0 Å². The predicted octanol–water partition coefficient (Wildman–Crippen LogP) is 0.0969. The van der Waals surface area contributed by atoms with Crippen LogP contribution in [0.1, 0.15) is 10.4 Å². The zero-order valence-electron chi connectivity index (χ0n) is 13.0. The van der Waals surface area contributed by atoms with E-state index in [0.717, 1.165) is 0 Å². The number of morpholine rings is 1. The Hall–Kier alpha value is -1.99. The third-order valence-electron chi connectivity index (χ3n) is 4.40. The number of halogens is 1. The van der Waals surface area contributed by atoms with Gasteiger partial charge in [-0.3, -0.25) is 14.5 Å². The van der Waals surface area contributed by atoms with E-state index in [9.17, 15) is 14.0 Å². The molecule has 1 N–H and O–H groups in total. The Morgan fingerprint density at radius 3 is 2.96 bits per heavy atom. The van der Waals surface area contributed by atoms with Crippen LogP contribution >= 0.6 is 0 Å². The average Bonchev–Trinajstić information content (AvgIpc) is 2.99. The lowest BCUT2D eigenvalue weighted by Gasteiger charge is -2.35. The highest BCUT2D eigenvalue weighted by atomic mass is 19.1. The first-order chi connectivity index (χ1) is 11.1. The number of hydrogen-bond acceptors (Lipinski definition) is 4. The van der Waals surface area contributed by atoms with Crippen molar-refractivity contribution in [1.82, 2.24) is 15.1 Å². The average molecular weight is 321 g/mol. The van der Waals surface area contributed by atoms with Gasteiger partial charge in [0, 0.05) is 32.2 Å². The molecule has 1 aromatic rings. The summed E-state index contributed by atoms with van der Waals surface area (Å²) in [5, 5.41) is 2.61. The maximum absolute atomic E-state index is 13.3. The van der Waals surface area contributed by atoms with Crippen molar-refractivity contribution in [1.29, 1.82) is 0 Å². The van der Waals surface area contributed by atoms with Gasteiger partial charge in [-0.15, -0.1) is 0 Å². The summed E-state index contributed by atoms with van der Waals surface area (Å²) in [5.41, 5.74) is 0.335. The Kier molecular flexibility index (Phi) is 4.58. The van der Waals surface area contributed by atoms with Crippen molar-refractivity contribution in [3.05, 3.63) is 35.6 Å². The van der Waals surface area contributed by atoms with Crippen LogP contribution in [0, 0.1) is 5.82 Å². The van der Waals surface area contributed by atoms with Crippen molar-refractivity contribution in [2.24, 2.45) is 0 Å². The summed E-state index contributed by atoms with van der Waals surface area (Å²) in [4.78, 5) is 27.9. The molecular formula is C16H20FN3O3. The molecule has 2 aliphatic rings. The fourth-order valence-electron chi connectivity index (χ4n) is 3.19. The number of ether oxygens (including phenoxy) is 1. The minimum absolute atomic E-state index is 0.00133. The lowest BCUT2D eigenvalue weighted by Crippen LogP contribution is -2.53. The van der Waals surface area contributed by atoms with E-state index in [1.54, 1.807) is 18.0 Å². The number of hydrogen-bond donors (Lipinski definition) is 1. The third kappa shape index (κ3) is 3.35. The molecule has 0 bridgehead atoms. The van der Waals surface area contributed by atoms with Gasteiger partial charge in [0.2, 0.25) is 5.91 Å². The van der Waals surface area contributed by atoms with E-state index in [4.69, 9.17) is 4.74 Å². The van der Waals surface area contributed by atoms with Crippen LogP contribution in [0.4, 0.5) is 4.39 Å². The van der Waals surface area contributed by atoms with Crippen molar-refractivity contribution >= 4 is 11.8 Å². The van der Waals surface area contributed by atoms with Crippen molar-refractivity contribution < 1.29 is 18.7 Å². The third-order valence-corrected chi connectivity index (χ3v) is 4.40. The summed E-state index contributed by atoms with van der Waals surface area (Å²) in [7, 11) is 1.61. The maximum atomic E-state index is 13.3. The topological polar surface area (TPSA) is 61.9 Å². The summed E-state index contributed by atoms with van der Waals surface area (Å²) in [6, 6.07) is 5.69. The molecule has 0 spiro atoms. The Morgan fingerprint density at radius 1 is 1.39 bits per heavy atom. The van der Waals surface area contributed by atoms with Crippen LogP contribution in [-0.4, -0.2) is 73.6 Å². The van der Waals surface area contributed by atoms with Gasteiger partial charge in [-0.1, -0.05) is 6.07 Å². The number of rotatable bonds is 3. The first-order valence-corrected chi connectivity index (χ1v) is 7.69. The van der Waals surface area contributed by atoms with Crippen LogP contribution in [0.2, 0.25) is 0 Å². The van der Waals surface area contributed by atoms with E-state index in [1.807, 2.05) is 4.90 Å². The molecule has 124 valence electrons. The zero-order valence-corrected chi connectivity index (χ0v) is 13.0. The first-order valence-electron chi connectivity index (χ1n) is 7.69. The number of amides is 2. The van der Waals surface area contributed by atoms with Crippen LogP contribution in [0.15, 0.2) is 24.3 Å². The van der Waals surface area contributed by atoms with Gasteiger partial charge in [0.1, 0.15) is 5.82 Å². The number of nitrogens with one attached hydrogen (secondary N) is 1. The fourth-order valence-corrected chi connectivity index (χ4v) is 3.19. The van der Waals surface area contributed by atoms with E-state index >= 15 is 0 Å². The maximum Gasteiger partial charge on any atom is 0.254 e. The molecule has 6 nitrogen and oxygen atoms in total. The minimum atomic E-state index is -0.426. The molecule has 2 saturated heterocycles. The molecule has 2 heterocycles. The second-order valence-electron chi connectivity index (χ2n) is 5.84.